The van der Waals surface area contributed by atoms with Crippen molar-refractivity contribution in [2.75, 3.05) is 7.11 Å². The number of rotatable bonds is 8. The molecule has 1 amide bonds. The van der Waals surface area contributed by atoms with Gasteiger partial charge >= 0.3 is 0 Å². The summed E-state index contributed by atoms with van der Waals surface area (Å²) in [7, 11) is 1.44. The van der Waals surface area contributed by atoms with E-state index in [-0.39, 0.29) is 34.4 Å². The Hall–Kier alpha value is -4.63. The van der Waals surface area contributed by atoms with E-state index in [0.29, 0.717) is 16.9 Å². The van der Waals surface area contributed by atoms with E-state index in [1.807, 2.05) is 24.3 Å². The molecule has 182 valence electrons. The van der Waals surface area contributed by atoms with Gasteiger partial charge in [0, 0.05) is 12.1 Å². The zero-order chi connectivity index (χ0) is 25.7. The summed E-state index contributed by atoms with van der Waals surface area (Å²) in [5.74, 6) is -0.165. The van der Waals surface area contributed by atoms with Crippen LogP contribution in [0.3, 0.4) is 0 Å². The molecule has 0 atom stereocenters. The lowest BCUT2D eigenvalue weighted by Gasteiger charge is -2.13. The van der Waals surface area contributed by atoms with Crippen molar-refractivity contribution in [2.45, 2.75) is 6.61 Å². The molecule has 0 spiro atoms. The molecule has 0 fully saturated rings. The molecule has 4 rings (SSSR count). The minimum absolute atomic E-state index is 0.0382. The number of fused-ring (bicyclic) bond motifs is 1. The number of methoxy groups -OCH3 is 1. The SMILES string of the molecule is COc1cc(C=NNC(=O)c2cc3ccccc3cc2O)cc(Cl)c1OCc1cccc([N+](=O)[O-])c1. The maximum atomic E-state index is 12.5. The molecule has 0 saturated carbocycles. The molecule has 9 nitrogen and oxygen atoms in total. The standard InChI is InChI=1S/C26H20ClN3O6/c1-35-24-11-17(10-22(27)25(24)36-15-16-5-4-8-20(9-16)30(33)34)14-28-29-26(32)21-12-18-6-2-3-7-19(18)13-23(21)31/h2-14,31H,15H2,1H3,(H,29,32). The summed E-state index contributed by atoms with van der Waals surface area (Å²) >= 11 is 6.38. The van der Waals surface area contributed by atoms with Gasteiger partial charge in [-0.15, -0.1) is 0 Å². The molecule has 0 unspecified atom stereocenters. The zero-order valence-electron chi connectivity index (χ0n) is 19.0. The van der Waals surface area contributed by atoms with Gasteiger partial charge in [0.1, 0.15) is 12.4 Å². The van der Waals surface area contributed by atoms with Crippen LogP contribution in [0.2, 0.25) is 5.02 Å². The molecule has 0 radical (unpaired) electrons. The van der Waals surface area contributed by atoms with Crippen LogP contribution >= 0.6 is 11.6 Å². The molecule has 4 aromatic rings. The molecule has 2 N–H and O–H groups in total. The number of aromatic hydroxyl groups is 1. The second kappa shape index (κ2) is 10.7. The van der Waals surface area contributed by atoms with Gasteiger partial charge in [0.25, 0.3) is 11.6 Å². The van der Waals surface area contributed by atoms with Gasteiger partial charge in [0.15, 0.2) is 11.5 Å². The minimum atomic E-state index is -0.579. The predicted octanol–water partition coefficient (Wildman–Crippen LogP) is 5.46. The Kier molecular flexibility index (Phi) is 7.31. The zero-order valence-corrected chi connectivity index (χ0v) is 19.7. The van der Waals surface area contributed by atoms with E-state index in [1.165, 1.54) is 31.5 Å². The van der Waals surface area contributed by atoms with E-state index in [9.17, 15) is 20.0 Å². The third kappa shape index (κ3) is 5.53. The molecule has 0 aliphatic carbocycles. The fourth-order valence-corrected chi connectivity index (χ4v) is 3.78. The molecule has 36 heavy (non-hydrogen) atoms. The van der Waals surface area contributed by atoms with E-state index in [4.69, 9.17) is 21.1 Å². The summed E-state index contributed by atoms with van der Waals surface area (Å²) < 4.78 is 11.1. The monoisotopic (exact) mass is 505 g/mol. The van der Waals surface area contributed by atoms with Crippen LogP contribution in [0, 0.1) is 10.1 Å². The Morgan fingerprint density at radius 2 is 1.86 bits per heavy atom. The number of nitrogens with one attached hydrogen (secondary N) is 1. The summed E-state index contributed by atoms with van der Waals surface area (Å²) in [6, 6.07) is 19.7. The maximum absolute atomic E-state index is 12.5. The summed E-state index contributed by atoms with van der Waals surface area (Å²) in [5, 5.41) is 27.0. The first-order valence-corrected chi connectivity index (χ1v) is 11.0. The van der Waals surface area contributed by atoms with Crippen LogP contribution in [0.1, 0.15) is 21.5 Å². The van der Waals surface area contributed by atoms with Gasteiger partial charge in [0.2, 0.25) is 0 Å². The lowest BCUT2D eigenvalue weighted by atomic mass is 10.1. The minimum Gasteiger partial charge on any atom is -0.507 e. The number of nitro groups is 1. The first kappa shape index (κ1) is 24.5. The molecule has 0 saturated heterocycles. The number of phenols is 1. The van der Waals surface area contributed by atoms with Crippen LogP contribution in [0.4, 0.5) is 5.69 Å². The predicted molar refractivity (Wildman–Crippen MR) is 136 cm³/mol. The van der Waals surface area contributed by atoms with Crippen LogP contribution < -0.4 is 14.9 Å². The summed E-state index contributed by atoms with van der Waals surface area (Å²) in [5.41, 5.74) is 3.54. The Morgan fingerprint density at radius 3 is 2.58 bits per heavy atom. The quantitative estimate of drug-likeness (QED) is 0.186. The second-order valence-corrected chi connectivity index (χ2v) is 8.07. The number of hydrogen-bond donors (Lipinski definition) is 2. The van der Waals surface area contributed by atoms with Gasteiger partial charge in [-0.25, -0.2) is 5.43 Å². The normalized spacial score (nSPS) is 10.9. The molecular weight excluding hydrogens is 486 g/mol. The van der Waals surface area contributed by atoms with Crippen molar-refractivity contribution in [3.63, 3.8) is 0 Å². The average Bonchev–Trinajstić information content (AvgIpc) is 2.87. The number of nitrogens with zero attached hydrogens (tertiary/aromatic N) is 2. The molecule has 4 aromatic carbocycles. The van der Waals surface area contributed by atoms with Crippen molar-refractivity contribution >= 4 is 40.2 Å². The maximum Gasteiger partial charge on any atom is 0.275 e. The number of ether oxygens (including phenoxy) is 2. The van der Waals surface area contributed by atoms with Gasteiger partial charge in [0.05, 0.1) is 28.8 Å². The van der Waals surface area contributed by atoms with E-state index in [2.05, 4.69) is 10.5 Å². The summed E-state index contributed by atoms with van der Waals surface area (Å²) in [6.45, 7) is 0.0382. The number of hydrazone groups is 1. The fourth-order valence-electron chi connectivity index (χ4n) is 3.51. The molecule has 0 aromatic heterocycles. The number of carbonyl (C=O) groups is 1. The summed E-state index contributed by atoms with van der Waals surface area (Å²) in [6.07, 6.45) is 1.37. The Balaban J connectivity index is 1.46. The van der Waals surface area contributed by atoms with Crippen LogP contribution in [0.25, 0.3) is 10.8 Å². The number of amides is 1. The van der Waals surface area contributed by atoms with Crippen LogP contribution in [-0.2, 0) is 6.61 Å². The molecular formula is C26H20ClN3O6. The average molecular weight is 506 g/mol. The topological polar surface area (TPSA) is 123 Å². The first-order valence-electron chi connectivity index (χ1n) is 10.6. The lowest BCUT2D eigenvalue weighted by molar-refractivity contribution is -0.384. The first-order chi connectivity index (χ1) is 17.4. The highest BCUT2D eigenvalue weighted by molar-refractivity contribution is 6.32. The van der Waals surface area contributed by atoms with Crippen LogP contribution in [0.5, 0.6) is 17.2 Å². The number of carbonyl (C=O) groups excluding carboxylic acids is 1. The van der Waals surface area contributed by atoms with E-state index in [0.717, 1.165) is 10.8 Å². The van der Waals surface area contributed by atoms with E-state index >= 15 is 0 Å². The third-order valence-electron chi connectivity index (χ3n) is 5.24. The van der Waals surface area contributed by atoms with Crippen molar-refractivity contribution in [1.29, 1.82) is 0 Å². The fraction of sp³-hybridized carbons (Fsp3) is 0.0769. The number of non-ortho nitro benzene ring substituents is 1. The van der Waals surface area contributed by atoms with Crippen LogP contribution in [-0.4, -0.2) is 29.3 Å². The number of benzene rings is 4. The molecule has 0 aliphatic rings. The van der Waals surface area contributed by atoms with Crippen molar-refractivity contribution in [1.82, 2.24) is 5.43 Å². The number of hydrogen-bond acceptors (Lipinski definition) is 7. The third-order valence-corrected chi connectivity index (χ3v) is 5.53. The highest BCUT2D eigenvalue weighted by Gasteiger charge is 2.14. The highest BCUT2D eigenvalue weighted by Crippen LogP contribution is 2.36. The van der Waals surface area contributed by atoms with Crippen molar-refractivity contribution < 1.29 is 24.3 Å². The van der Waals surface area contributed by atoms with Crippen molar-refractivity contribution in [3.05, 3.63) is 105 Å². The highest BCUT2D eigenvalue weighted by atomic mass is 35.5. The number of phenolic OH excluding ortho intramolecular Hbond substituents is 1. The molecule has 10 heteroatoms. The summed E-state index contributed by atoms with van der Waals surface area (Å²) in [4.78, 5) is 23.0. The van der Waals surface area contributed by atoms with E-state index < -0.39 is 10.8 Å². The Bertz CT molecular complexity index is 1490. The Morgan fingerprint density at radius 1 is 1.11 bits per heavy atom. The van der Waals surface area contributed by atoms with Crippen molar-refractivity contribution in [3.8, 4) is 17.2 Å². The van der Waals surface area contributed by atoms with E-state index in [1.54, 1.807) is 30.3 Å². The van der Waals surface area contributed by atoms with Crippen molar-refractivity contribution in [2.24, 2.45) is 5.10 Å². The largest absolute Gasteiger partial charge is 0.507 e. The smallest absolute Gasteiger partial charge is 0.275 e. The van der Waals surface area contributed by atoms with Gasteiger partial charge in [-0.3, -0.25) is 14.9 Å². The molecule has 0 heterocycles. The second-order valence-electron chi connectivity index (χ2n) is 7.67. The molecule has 0 aliphatic heterocycles. The van der Waals surface area contributed by atoms with Gasteiger partial charge in [-0.05, 0) is 46.2 Å². The number of nitro benzene ring substituents is 1. The van der Waals surface area contributed by atoms with Gasteiger partial charge < -0.3 is 14.6 Å². The Labute approximate surface area is 210 Å². The molecule has 0 bridgehead atoms. The number of halogens is 1. The lowest BCUT2D eigenvalue weighted by Crippen LogP contribution is -2.17. The van der Waals surface area contributed by atoms with Crippen LogP contribution in [0.15, 0.2) is 77.9 Å². The van der Waals surface area contributed by atoms with Gasteiger partial charge in [-0.1, -0.05) is 48.0 Å². The van der Waals surface area contributed by atoms with Gasteiger partial charge in [-0.2, -0.15) is 5.10 Å².